The Bertz CT molecular complexity index is 600. The molecule has 1 N–H and O–H groups in total. The average Bonchev–Trinajstić information content (AvgIpc) is 2.37. The van der Waals surface area contributed by atoms with Crippen LogP contribution in [0.2, 0.25) is 0 Å². The Morgan fingerprint density at radius 1 is 1.40 bits per heavy atom. The van der Waals surface area contributed by atoms with Crippen molar-refractivity contribution in [1.82, 2.24) is 4.90 Å². The minimum absolute atomic E-state index is 0.0114. The summed E-state index contributed by atoms with van der Waals surface area (Å²) >= 11 is 0. The number of amides is 1. The molecule has 1 saturated heterocycles. The van der Waals surface area contributed by atoms with E-state index >= 15 is 0 Å². The van der Waals surface area contributed by atoms with Gasteiger partial charge < -0.3 is 9.64 Å². The topological polar surface area (TPSA) is 75.7 Å². The molecule has 1 aromatic carbocycles. The Hall–Kier alpha value is -1.60. The summed E-state index contributed by atoms with van der Waals surface area (Å²) in [4.78, 5) is 14.2. The molecular weight excluding hydrogens is 280 g/mol. The van der Waals surface area contributed by atoms with Gasteiger partial charge in [-0.05, 0) is 19.1 Å². The van der Waals surface area contributed by atoms with Crippen LogP contribution in [0.25, 0.3) is 0 Å². The summed E-state index contributed by atoms with van der Waals surface area (Å²) in [6.07, 6.45) is 1.05. The van der Waals surface area contributed by atoms with Crippen molar-refractivity contribution in [3.63, 3.8) is 0 Å². The number of para-hydroxylation sites is 1. The molecule has 1 aromatic rings. The van der Waals surface area contributed by atoms with Crippen molar-refractivity contribution < 1.29 is 17.9 Å². The molecule has 1 aliphatic rings. The molecule has 1 amide bonds. The molecule has 1 aliphatic heterocycles. The molecule has 1 unspecified atom stereocenters. The average molecular weight is 298 g/mol. The molecular formula is C13H18N2O4S. The van der Waals surface area contributed by atoms with E-state index in [0.29, 0.717) is 30.9 Å². The zero-order valence-electron chi connectivity index (χ0n) is 11.5. The number of anilines is 1. The summed E-state index contributed by atoms with van der Waals surface area (Å²) in [5, 5.41) is 0. The van der Waals surface area contributed by atoms with Crippen LogP contribution in [0.4, 0.5) is 5.69 Å². The lowest BCUT2D eigenvalue weighted by atomic mass is 10.1. The van der Waals surface area contributed by atoms with E-state index in [0.717, 1.165) is 6.26 Å². The maximum Gasteiger partial charge on any atom is 0.256 e. The molecule has 1 atom stereocenters. The van der Waals surface area contributed by atoms with Gasteiger partial charge in [-0.1, -0.05) is 12.1 Å². The van der Waals surface area contributed by atoms with Gasteiger partial charge in [0.05, 0.1) is 30.2 Å². The van der Waals surface area contributed by atoms with Crippen molar-refractivity contribution in [3.8, 4) is 0 Å². The van der Waals surface area contributed by atoms with Crippen molar-refractivity contribution in [3.05, 3.63) is 29.8 Å². The number of sulfonamides is 1. The summed E-state index contributed by atoms with van der Waals surface area (Å²) < 4.78 is 30.5. The number of nitrogens with zero attached hydrogens (tertiary/aromatic N) is 1. The molecule has 110 valence electrons. The van der Waals surface area contributed by atoms with Crippen molar-refractivity contribution in [1.29, 1.82) is 0 Å². The molecule has 0 spiro atoms. The monoisotopic (exact) mass is 298 g/mol. The summed E-state index contributed by atoms with van der Waals surface area (Å²) in [5.74, 6) is -0.188. The van der Waals surface area contributed by atoms with Gasteiger partial charge >= 0.3 is 0 Å². The van der Waals surface area contributed by atoms with Gasteiger partial charge in [-0.3, -0.25) is 9.52 Å². The normalized spacial score (nSPS) is 19.7. The molecule has 6 nitrogen and oxygen atoms in total. The number of rotatable bonds is 3. The lowest BCUT2D eigenvalue weighted by molar-refractivity contribution is -0.0123. The van der Waals surface area contributed by atoms with Crippen LogP contribution in [0.1, 0.15) is 17.3 Å². The number of nitrogens with one attached hydrogen (secondary N) is 1. The van der Waals surface area contributed by atoms with Gasteiger partial charge in [0.1, 0.15) is 0 Å². The Morgan fingerprint density at radius 3 is 2.75 bits per heavy atom. The third-order valence-electron chi connectivity index (χ3n) is 2.98. The maximum absolute atomic E-state index is 12.5. The van der Waals surface area contributed by atoms with Crippen LogP contribution < -0.4 is 4.72 Å². The fraction of sp³-hybridized carbons (Fsp3) is 0.462. The van der Waals surface area contributed by atoms with Crippen molar-refractivity contribution in [2.75, 3.05) is 30.7 Å². The fourth-order valence-corrected chi connectivity index (χ4v) is 2.71. The minimum Gasteiger partial charge on any atom is -0.375 e. The van der Waals surface area contributed by atoms with E-state index in [2.05, 4.69) is 4.72 Å². The van der Waals surface area contributed by atoms with Crippen LogP contribution in [0, 0.1) is 0 Å². The predicted octanol–water partition coefficient (Wildman–Crippen LogP) is 0.919. The molecule has 0 aromatic heterocycles. The van der Waals surface area contributed by atoms with Crippen LogP contribution in [0.15, 0.2) is 24.3 Å². The summed E-state index contributed by atoms with van der Waals surface area (Å²) in [5.41, 5.74) is 0.658. The highest BCUT2D eigenvalue weighted by Crippen LogP contribution is 2.19. The van der Waals surface area contributed by atoms with E-state index < -0.39 is 10.0 Å². The number of morpholine rings is 1. The smallest absolute Gasteiger partial charge is 0.256 e. The third kappa shape index (κ3) is 3.71. The highest BCUT2D eigenvalue weighted by Gasteiger charge is 2.24. The molecule has 0 saturated carbocycles. The first-order chi connectivity index (χ1) is 9.37. The third-order valence-corrected chi connectivity index (χ3v) is 3.57. The highest BCUT2D eigenvalue weighted by atomic mass is 32.2. The molecule has 0 radical (unpaired) electrons. The molecule has 0 aliphatic carbocycles. The lowest BCUT2D eigenvalue weighted by Gasteiger charge is -2.31. The second-order valence-electron chi connectivity index (χ2n) is 4.85. The number of carbonyl (C=O) groups excluding carboxylic acids is 1. The number of hydrogen-bond acceptors (Lipinski definition) is 4. The van der Waals surface area contributed by atoms with Gasteiger partial charge in [-0.15, -0.1) is 0 Å². The second kappa shape index (κ2) is 5.80. The van der Waals surface area contributed by atoms with Crippen LogP contribution in [0.3, 0.4) is 0 Å². The van der Waals surface area contributed by atoms with E-state index in [1.807, 2.05) is 6.92 Å². The van der Waals surface area contributed by atoms with Gasteiger partial charge in [-0.2, -0.15) is 0 Å². The minimum atomic E-state index is -3.42. The van der Waals surface area contributed by atoms with Crippen molar-refractivity contribution >= 4 is 21.6 Å². The van der Waals surface area contributed by atoms with Crippen LogP contribution in [-0.2, 0) is 14.8 Å². The molecule has 7 heteroatoms. The van der Waals surface area contributed by atoms with Gasteiger partial charge in [-0.25, -0.2) is 8.42 Å². The maximum atomic E-state index is 12.5. The molecule has 1 heterocycles. The number of hydrogen-bond donors (Lipinski definition) is 1. The number of ether oxygens (including phenoxy) is 1. The zero-order valence-corrected chi connectivity index (χ0v) is 12.3. The highest BCUT2D eigenvalue weighted by molar-refractivity contribution is 7.92. The van der Waals surface area contributed by atoms with Crippen molar-refractivity contribution in [2.24, 2.45) is 0 Å². The van der Waals surface area contributed by atoms with Gasteiger partial charge in [0, 0.05) is 13.1 Å². The zero-order chi connectivity index (χ0) is 14.8. The van der Waals surface area contributed by atoms with Crippen LogP contribution >= 0.6 is 0 Å². The Labute approximate surface area is 118 Å². The van der Waals surface area contributed by atoms with Gasteiger partial charge in [0.25, 0.3) is 5.91 Å². The van der Waals surface area contributed by atoms with Gasteiger partial charge in [0.15, 0.2) is 0 Å². The first kappa shape index (κ1) is 14.8. The Kier molecular flexibility index (Phi) is 4.29. The summed E-state index contributed by atoms with van der Waals surface area (Å²) in [6, 6.07) is 6.60. The lowest BCUT2D eigenvalue weighted by Crippen LogP contribution is -2.44. The van der Waals surface area contributed by atoms with E-state index in [-0.39, 0.29) is 12.0 Å². The Morgan fingerprint density at radius 2 is 2.10 bits per heavy atom. The first-order valence-electron chi connectivity index (χ1n) is 6.34. The predicted molar refractivity (Wildman–Crippen MR) is 76.2 cm³/mol. The standard InChI is InChI=1S/C13H18N2O4S/c1-10-9-15(7-8-19-10)13(16)11-5-3-4-6-12(11)14-20(2,17)18/h3-6,10,14H,7-9H2,1-2H3. The second-order valence-corrected chi connectivity index (χ2v) is 6.60. The molecule has 2 rings (SSSR count). The van der Waals surface area contributed by atoms with Crippen molar-refractivity contribution in [2.45, 2.75) is 13.0 Å². The van der Waals surface area contributed by atoms with Crippen LogP contribution in [0.5, 0.6) is 0 Å². The number of carbonyl (C=O) groups is 1. The quantitative estimate of drug-likeness (QED) is 0.900. The van der Waals surface area contributed by atoms with Crippen LogP contribution in [-0.4, -0.2) is 51.3 Å². The Balaban J connectivity index is 2.25. The molecule has 20 heavy (non-hydrogen) atoms. The van der Waals surface area contributed by atoms with E-state index in [1.54, 1.807) is 29.2 Å². The van der Waals surface area contributed by atoms with E-state index in [4.69, 9.17) is 4.74 Å². The van der Waals surface area contributed by atoms with Gasteiger partial charge in [0.2, 0.25) is 10.0 Å². The largest absolute Gasteiger partial charge is 0.375 e. The fourth-order valence-electron chi connectivity index (χ4n) is 2.13. The molecule has 0 bridgehead atoms. The molecule has 1 fully saturated rings. The first-order valence-corrected chi connectivity index (χ1v) is 8.23. The number of benzene rings is 1. The van der Waals surface area contributed by atoms with E-state index in [9.17, 15) is 13.2 Å². The SMILES string of the molecule is CC1CN(C(=O)c2ccccc2NS(C)(=O)=O)CCO1. The van der Waals surface area contributed by atoms with E-state index in [1.165, 1.54) is 0 Å². The summed E-state index contributed by atoms with van der Waals surface area (Å²) in [6.45, 7) is 3.41. The summed E-state index contributed by atoms with van der Waals surface area (Å²) in [7, 11) is -3.42.